The van der Waals surface area contributed by atoms with E-state index in [9.17, 15) is 14.7 Å². The third-order valence-electron chi connectivity index (χ3n) is 5.49. The Kier molecular flexibility index (Phi) is 7.53. The van der Waals surface area contributed by atoms with Crippen molar-refractivity contribution in [1.29, 1.82) is 0 Å². The van der Waals surface area contributed by atoms with E-state index in [1.165, 1.54) is 4.90 Å². The summed E-state index contributed by atoms with van der Waals surface area (Å²) in [7, 11) is 3.15. The topological polar surface area (TPSA) is 85.3 Å². The van der Waals surface area contributed by atoms with E-state index in [0.29, 0.717) is 48.8 Å². The van der Waals surface area contributed by atoms with Gasteiger partial charge < -0.3 is 24.2 Å². The van der Waals surface area contributed by atoms with E-state index in [-0.39, 0.29) is 11.3 Å². The molecule has 2 aromatic rings. The number of carbonyl (C=O) groups is 2. The van der Waals surface area contributed by atoms with Gasteiger partial charge in [-0.3, -0.25) is 9.59 Å². The SMILES string of the molecule is CCOc1ccccc1[C@H]1C(=C(O)c2ccc(OC)cc2C)C(=O)C(=O)N1CCCOC. The smallest absolute Gasteiger partial charge is 0.295 e. The first kappa shape index (κ1) is 23.3. The molecule has 0 bridgehead atoms. The Morgan fingerprint density at radius 3 is 2.53 bits per heavy atom. The van der Waals surface area contributed by atoms with Crippen molar-refractivity contribution in [2.75, 3.05) is 34.0 Å². The monoisotopic (exact) mass is 439 g/mol. The molecule has 1 fully saturated rings. The molecule has 0 aromatic heterocycles. The van der Waals surface area contributed by atoms with Crippen LogP contribution in [-0.4, -0.2) is 55.7 Å². The number of likely N-dealkylation sites (tertiary alicyclic amines) is 1. The third kappa shape index (κ3) is 4.48. The van der Waals surface area contributed by atoms with Crippen molar-refractivity contribution in [3.8, 4) is 11.5 Å². The fraction of sp³-hybridized carbons (Fsp3) is 0.360. The molecule has 1 saturated heterocycles. The molecule has 0 aliphatic carbocycles. The standard InChI is InChI=1S/C25H29NO6/c1-5-32-20-10-7-6-9-19(20)22-21(24(28)25(29)26(22)13-8-14-30-3)23(27)18-12-11-17(31-4)15-16(18)2/h6-7,9-12,15,22,27H,5,8,13-14H2,1-4H3/t22-/m0/s1. The molecule has 1 atom stereocenters. The summed E-state index contributed by atoms with van der Waals surface area (Å²) in [5.74, 6) is -0.376. The van der Waals surface area contributed by atoms with Gasteiger partial charge in [-0.05, 0) is 50.1 Å². The van der Waals surface area contributed by atoms with E-state index < -0.39 is 17.7 Å². The molecule has 0 radical (unpaired) electrons. The summed E-state index contributed by atoms with van der Waals surface area (Å²) in [4.78, 5) is 27.6. The Hall–Kier alpha value is -3.32. The van der Waals surface area contributed by atoms with E-state index in [2.05, 4.69) is 0 Å². The van der Waals surface area contributed by atoms with E-state index in [4.69, 9.17) is 14.2 Å². The molecule has 1 N–H and O–H groups in total. The first-order chi connectivity index (χ1) is 15.4. The molecule has 1 heterocycles. The summed E-state index contributed by atoms with van der Waals surface area (Å²) in [5.41, 5.74) is 1.90. The molecule has 0 saturated carbocycles. The van der Waals surface area contributed by atoms with E-state index in [1.807, 2.05) is 32.0 Å². The van der Waals surface area contributed by atoms with Crippen molar-refractivity contribution >= 4 is 17.4 Å². The van der Waals surface area contributed by atoms with Crippen LogP contribution in [0.2, 0.25) is 0 Å². The zero-order valence-electron chi connectivity index (χ0n) is 18.9. The highest BCUT2D eigenvalue weighted by atomic mass is 16.5. The lowest BCUT2D eigenvalue weighted by Gasteiger charge is -2.27. The lowest BCUT2D eigenvalue weighted by Crippen LogP contribution is -2.31. The average Bonchev–Trinajstić information content (AvgIpc) is 3.04. The second-order valence-corrected chi connectivity index (χ2v) is 7.49. The number of para-hydroxylation sites is 1. The number of carbonyl (C=O) groups excluding carboxylic acids is 2. The van der Waals surface area contributed by atoms with Crippen LogP contribution in [0.3, 0.4) is 0 Å². The summed E-state index contributed by atoms with van der Waals surface area (Å²) >= 11 is 0. The lowest BCUT2D eigenvalue weighted by atomic mass is 9.93. The molecular weight excluding hydrogens is 410 g/mol. The molecule has 1 aliphatic heterocycles. The van der Waals surface area contributed by atoms with Crippen molar-refractivity contribution in [2.24, 2.45) is 0 Å². The summed E-state index contributed by atoms with van der Waals surface area (Å²) in [6.07, 6.45) is 0.554. The molecule has 1 aliphatic rings. The zero-order chi connectivity index (χ0) is 23.3. The van der Waals surface area contributed by atoms with Crippen LogP contribution in [0.25, 0.3) is 5.76 Å². The predicted molar refractivity (Wildman–Crippen MR) is 121 cm³/mol. The van der Waals surface area contributed by atoms with E-state index in [1.54, 1.807) is 38.5 Å². The van der Waals surface area contributed by atoms with Gasteiger partial charge in [-0.1, -0.05) is 18.2 Å². The Labute approximate surface area is 188 Å². The quantitative estimate of drug-likeness (QED) is 0.276. The van der Waals surface area contributed by atoms with Crippen molar-refractivity contribution in [3.05, 3.63) is 64.7 Å². The third-order valence-corrected chi connectivity index (χ3v) is 5.49. The number of ether oxygens (including phenoxy) is 3. The molecule has 0 spiro atoms. The van der Waals surface area contributed by atoms with Crippen LogP contribution in [0.15, 0.2) is 48.0 Å². The number of aliphatic hydroxyl groups excluding tert-OH is 1. The Balaban J connectivity index is 2.19. The predicted octanol–water partition coefficient (Wildman–Crippen LogP) is 3.86. The Bertz CT molecular complexity index is 1030. The number of hydrogen-bond donors (Lipinski definition) is 1. The molecule has 3 rings (SSSR count). The van der Waals surface area contributed by atoms with Crippen LogP contribution in [0, 0.1) is 6.92 Å². The lowest BCUT2D eigenvalue weighted by molar-refractivity contribution is -0.140. The molecular formula is C25H29NO6. The van der Waals surface area contributed by atoms with Crippen LogP contribution in [-0.2, 0) is 14.3 Å². The highest BCUT2D eigenvalue weighted by Crippen LogP contribution is 2.43. The molecule has 1 amide bonds. The molecule has 32 heavy (non-hydrogen) atoms. The van der Waals surface area contributed by atoms with Gasteiger partial charge in [-0.2, -0.15) is 0 Å². The number of rotatable bonds is 9. The molecule has 170 valence electrons. The van der Waals surface area contributed by atoms with E-state index in [0.717, 1.165) is 5.56 Å². The van der Waals surface area contributed by atoms with Gasteiger partial charge in [0, 0.05) is 31.4 Å². The van der Waals surface area contributed by atoms with Crippen molar-refractivity contribution < 1.29 is 28.9 Å². The van der Waals surface area contributed by atoms with Gasteiger partial charge in [0.1, 0.15) is 17.3 Å². The van der Waals surface area contributed by atoms with Gasteiger partial charge >= 0.3 is 0 Å². The number of aryl methyl sites for hydroxylation is 1. The number of Topliss-reactive ketones (excluding diaryl/α,β-unsaturated/α-hetero) is 1. The molecule has 7 nitrogen and oxygen atoms in total. The largest absolute Gasteiger partial charge is 0.507 e. The number of ketones is 1. The van der Waals surface area contributed by atoms with Gasteiger partial charge in [0.25, 0.3) is 11.7 Å². The number of benzene rings is 2. The summed E-state index contributed by atoms with van der Waals surface area (Å²) < 4.78 is 16.2. The zero-order valence-corrected chi connectivity index (χ0v) is 18.9. The van der Waals surface area contributed by atoms with Crippen LogP contribution >= 0.6 is 0 Å². The fourth-order valence-electron chi connectivity index (χ4n) is 3.98. The Morgan fingerprint density at radius 1 is 1.12 bits per heavy atom. The van der Waals surface area contributed by atoms with Gasteiger partial charge in [0.15, 0.2) is 0 Å². The summed E-state index contributed by atoms with van der Waals surface area (Å²) in [6.45, 7) is 4.86. The highest BCUT2D eigenvalue weighted by molar-refractivity contribution is 6.46. The second-order valence-electron chi connectivity index (χ2n) is 7.49. The minimum absolute atomic E-state index is 0.0489. The number of methoxy groups -OCH3 is 2. The van der Waals surface area contributed by atoms with Gasteiger partial charge in [-0.15, -0.1) is 0 Å². The first-order valence-corrected chi connectivity index (χ1v) is 10.6. The van der Waals surface area contributed by atoms with Crippen LogP contribution in [0.4, 0.5) is 0 Å². The van der Waals surface area contributed by atoms with Crippen molar-refractivity contribution in [2.45, 2.75) is 26.3 Å². The van der Waals surface area contributed by atoms with Crippen LogP contribution < -0.4 is 9.47 Å². The highest BCUT2D eigenvalue weighted by Gasteiger charge is 2.46. The summed E-state index contributed by atoms with van der Waals surface area (Å²) in [6, 6.07) is 11.7. The van der Waals surface area contributed by atoms with E-state index >= 15 is 0 Å². The minimum Gasteiger partial charge on any atom is -0.507 e. The number of hydrogen-bond acceptors (Lipinski definition) is 6. The van der Waals surface area contributed by atoms with Gasteiger partial charge in [-0.25, -0.2) is 0 Å². The fourth-order valence-corrected chi connectivity index (χ4v) is 3.98. The minimum atomic E-state index is -0.767. The average molecular weight is 440 g/mol. The summed E-state index contributed by atoms with van der Waals surface area (Å²) in [5, 5.41) is 11.3. The van der Waals surface area contributed by atoms with Gasteiger partial charge in [0.2, 0.25) is 0 Å². The first-order valence-electron chi connectivity index (χ1n) is 10.6. The van der Waals surface area contributed by atoms with Crippen molar-refractivity contribution in [3.63, 3.8) is 0 Å². The van der Waals surface area contributed by atoms with Gasteiger partial charge in [0.05, 0.1) is 25.3 Å². The molecule has 7 heteroatoms. The number of nitrogens with zero attached hydrogens (tertiary/aromatic N) is 1. The molecule has 2 aromatic carbocycles. The number of amides is 1. The maximum absolute atomic E-state index is 13.1. The normalized spacial score (nSPS) is 17.6. The second kappa shape index (κ2) is 10.3. The maximum Gasteiger partial charge on any atom is 0.295 e. The maximum atomic E-state index is 13.1. The van der Waals surface area contributed by atoms with Crippen LogP contribution in [0.1, 0.15) is 36.1 Å². The van der Waals surface area contributed by atoms with Crippen molar-refractivity contribution in [1.82, 2.24) is 4.90 Å². The number of aliphatic hydroxyl groups is 1. The molecule has 0 unspecified atom stereocenters. The Morgan fingerprint density at radius 2 is 1.88 bits per heavy atom. The van der Waals surface area contributed by atoms with Crippen LogP contribution in [0.5, 0.6) is 11.5 Å².